The van der Waals surface area contributed by atoms with E-state index in [9.17, 15) is 9.59 Å². The molecule has 0 aliphatic heterocycles. The van der Waals surface area contributed by atoms with Crippen molar-refractivity contribution in [2.45, 2.75) is 39.2 Å². The quantitative estimate of drug-likeness (QED) is 0.0995. The fraction of sp³-hybridized carbons (Fsp3) is 0.229. The van der Waals surface area contributed by atoms with Gasteiger partial charge in [-0.15, -0.1) is 11.3 Å². The van der Waals surface area contributed by atoms with Crippen molar-refractivity contribution >= 4 is 33.1 Å². The van der Waals surface area contributed by atoms with Gasteiger partial charge >= 0.3 is 0 Å². The van der Waals surface area contributed by atoms with Gasteiger partial charge in [-0.1, -0.05) is 31.2 Å². The number of Topliss-reactive ketones (excluding diaryl/α,β-unsaturated/α-hetero) is 2. The molecule has 4 heterocycles. The molecule has 234 valence electrons. The van der Waals surface area contributed by atoms with E-state index < -0.39 is 5.82 Å². The summed E-state index contributed by atoms with van der Waals surface area (Å²) in [6, 6.07) is 15.4. The van der Waals surface area contributed by atoms with E-state index in [1.54, 1.807) is 24.5 Å². The zero-order chi connectivity index (χ0) is 32.0. The van der Waals surface area contributed by atoms with Gasteiger partial charge in [0.1, 0.15) is 23.1 Å². The third-order valence-electron chi connectivity index (χ3n) is 7.47. The van der Waals surface area contributed by atoms with Crippen LogP contribution in [0.15, 0.2) is 84.0 Å². The molecule has 0 saturated heterocycles. The van der Waals surface area contributed by atoms with Crippen LogP contribution in [0.25, 0.3) is 32.2 Å². The number of thiophene rings is 1. The van der Waals surface area contributed by atoms with Crippen LogP contribution in [0.5, 0.6) is 11.5 Å². The molecule has 6 rings (SSSR count). The van der Waals surface area contributed by atoms with Crippen molar-refractivity contribution < 1.29 is 23.1 Å². The molecule has 2 aromatic carbocycles. The minimum Gasteiger partial charge on any atom is -0.453 e. The average Bonchev–Trinajstić information content (AvgIpc) is 3.80. The number of hydrogen-bond donors (Lipinski definition) is 1. The Kier molecular flexibility index (Phi) is 9.41. The lowest BCUT2D eigenvalue weighted by Gasteiger charge is -2.09. The first-order valence-electron chi connectivity index (χ1n) is 15.0. The fourth-order valence-corrected chi connectivity index (χ4v) is 6.28. The minimum atomic E-state index is -0.601. The molecule has 1 N–H and O–H groups in total. The summed E-state index contributed by atoms with van der Waals surface area (Å²) in [5, 5.41) is 3.40. The smallest absolute Gasteiger partial charge is 0.181 e. The largest absolute Gasteiger partial charge is 0.453 e. The van der Waals surface area contributed by atoms with Gasteiger partial charge < -0.3 is 19.0 Å². The fourth-order valence-electron chi connectivity index (χ4n) is 5.19. The number of benzene rings is 2. The topological polar surface area (TPSA) is 112 Å². The number of ether oxygens (including phenoxy) is 1. The molecule has 4 aromatic heterocycles. The number of pyridine rings is 1. The summed E-state index contributed by atoms with van der Waals surface area (Å²) in [7, 11) is 1.98. The standard InChI is InChI=1S/C35H32FN5O4S/c1-3-10-37-18-25-19-40-35(41(25)2)33-17-29-34(46-33)31(9-11-39-29)45-30-8-7-23(15-28(30)36)14-27(43)16-26(42)13-22-5-4-6-24(12-22)32-20-38-21-44-32/h4-9,11-12,15,17,19-21,37H,3,10,13-14,16,18H2,1-2H3. The molecule has 0 fully saturated rings. The molecule has 0 aliphatic rings. The zero-order valence-corrected chi connectivity index (χ0v) is 26.3. The molecule has 0 atom stereocenters. The number of nitrogens with one attached hydrogen (secondary N) is 1. The van der Waals surface area contributed by atoms with E-state index >= 15 is 4.39 Å². The van der Waals surface area contributed by atoms with E-state index in [4.69, 9.17) is 9.15 Å². The van der Waals surface area contributed by atoms with E-state index in [1.807, 2.05) is 43.6 Å². The number of carbonyl (C=O) groups is 2. The van der Waals surface area contributed by atoms with E-state index in [1.165, 1.54) is 29.9 Å². The van der Waals surface area contributed by atoms with Crippen LogP contribution >= 0.6 is 11.3 Å². The average molecular weight is 638 g/mol. The maximum atomic E-state index is 15.2. The Morgan fingerprint density at radius 2 is 1.83 bits per heavy atom. The van der Waals surface area contributed by atoms with Crippen LogP contribution < -0.4 is 10.1 Å². The van der Waals surface area contributed by atoms with Gasteiger partial charge in [-0.05, 0) is 48.4 Å². The predicted octanol–water partition coefficient (Wildman–Crippen LogP) is 7.10. The molecule has 6 aromatic rings. The number of fused-ring (bicyclic) bond motifs is 1. The summed E-state index contributed by atoms with van der Waals surface area (Å²) in [6.45, 7) is 3.79. The first-order chi connectivity index (χ1) is 22.4. The van der Waals surface area contributed by atoms with Gasteiger partial charge in [0, 0.05) is 44.3 Å². The predicted molar refractivity (Wildman–Crippen MR) is 174 cm³/mol. The summed E-state index contributed by atoms with van der Waals surface area (Å²) in [6.07, 6.45) is 7.29. The summed E-state index contributed by atoms with van der Waals surface area (Å²) < 4.78 is 29.4. The number of hydrogen-bond acceptors (Lipinski definition) is 9. The second-order valence-electron chi connectivity index (χ2n) is 11.0. The highest BCUT2D eigenvalue weighted by atomic mass is 32.1. The summed E-state index contributed by atoms with van der Waals surface area (Å²) in [4.78, 5) is 39.3. The van der Waals surface area contributed by atoms with Crippen molar-refractivity contribution in [1.82, 2.24) is 24.8 Å². The minimum absolute atomic E-state index is 0.0302. The summed E-state index contributed by atoms with van der Waals surface area (Å²) in [5.41, 5.74) is 3.84. The molecule has 11 heteroatoms. The normalized spacial score (nSPS) is 11.3. The van der Waals surface area contributed by atoms with Gasteiger partial charge in [0.25, 0.3) is 0 Å². The summed E-state index contributed by atoms with van der Waals surface area (Å²) >= 11 is 1.48. The zero-order valence-electron chi connectivity index (χ0n) is 25.5. The molecule has 9 nitrogen and oxygen atoms in total. The number of rotatable bonds is 14. The Hall–Kier alpha value is -5.00. The lowest BCUT2D eigenvalue weighted by atomic mass is 10.00. The van der Waals surface area contributed by atoms with Crippen LogP contribution in [0, 0.1) is 5.82 Å². The van der Waals surface area contributed by atoms with Crippen LogP contribution in [0.4, 0.5) is 4.39 Å². The van der Waals surface area contributed by atoms with Crippen molar-refractivity contribution in [2.24, 2.45) is 7.05 Å². The van der Waals surface area contributed by atoms with E-state index in [-0.39, 0.29) is 36.6 Å². The van der Waals surface area contributed by atoms with Crippen molar-refractivity contribution in [3.05, 3.63) is 102 Å². The maximum absolute atomic E-state index is 15.2. The first-order valence-corrected chi connectivity index (χ1v) is 15.8. The number of imidazole rings is 1. The molecule has 46 heavy (non-hydrogen) atoms. The Morgan fingerprint density at radius 3 is 2.59 bits per heavy atom. The van der Waals surface area contributed by atoms with E-state index in [0.717, 1.165) is 57.2 Å². The second kappa shape index (κ2) is 14.0. The van der Waals surface area contributed by atoms with Crippen LogP contribution in [0.2, 0.25) is 0 Å². The number of oxazole rings is 1. The third-order valence-corrected chi connectivity index (χ3v) is 8.61. The Labute approximate surface area is 269 Å². The molecular formula is C35H32FN5O4S. The van der Waals surface area contributed by atoms with E-state index in [2.05, 4.69) is 31.8 Å². The number of nitrogens with zero attached hydrogens (tertiary/aromatic N) is 4. The van der Waals surface area contributed by atoms with Crippen molar-refractivity contribution in [3.63, 3.8) is 0 Å². The van der Waals surface area contributed by atoms with Gasteiger partial charge in [0.05, 0.1) is 39.6 Å². The van der Waals surface area contributed by atoms with Crippen LogP contribution in [0.1, 0.15) is 36.6 Å². The molecule has 0 spiro atoms. The second-order valence-corrected chi connectivity index (χ2v) is 12.0. The van der Waals surface area contributed by atoms with Gasteiger partial charge in [0.15, 0.2) is 23.7 Å². The third kappa shape index (κ3) is 7.11. The molecule has 0 bridgehead atoms. The Bertz CT molecular complexity index is 2000. The number of halogens is 1. The van der Waals surface area contributed by atoms with Gasteiger partial charge in [0.2, 0.25) is 0 Å². The summed E-state index contributed by atoms with van der Waals surface area (Å²) in [5.74, 6) is 0.819. The SMILES string of the molecule is CCCNCc1cnc(-c2cc3nccc(Oc4ccc(CC(=O)CC(=O)Cc5cccc(-c6cnco6)c5)cc4F)c3s2)n1C. The van der Waals surface area contributed by atoms with Gasteiger partial charge in [-0.25, -0.2) is 14.4 Å². The lowest BCUT2D eigenvalue weighted by molar-refractivity contribution is -0.126. The van der Waals surface area contributed by atoms with Crippen molar-refractivity contribution in [2.75, 3.05) is 6.54 Å². The van der Waals surface area contributed by atoms with Crippen LogP contribution in [0.3, 0.4) is 0 Å². The molecule has 0 aliphatic carbocycles. The number of aromatic nitrogens is 4. The monoisotopic (exact) mass is 637 g/mol. The van der Waals surface area contributed by atoms with E-state index in [0.29, 0.717) is 17.1 Å². The number of carbonyl (C=O) groups excluding carboxylic acids is 2. The van der Waals surface area contributed by atoms with Crippen LogP contribution in [-0.2, 0) is 36.0 Å². The first kappa shape index (κ1) is 31.0. The van der Waals surface area contributed by atoms with Crippen molar-refractivity contribution in [1.29, 1.82) is 0 Å². The molecule has 0 unspecified atom stereocenters. The Morgan fingerprint density at radius 1 is 1.00 bits per heavy atom. The van der Waals surface area contributed by atoms with Gasteiger partial charge in [-0.3, -0.25) is 14.6 Å². The van der Waals surface area contributed by atoms with Crippen molar-refractivity contribution in [3.8, 4) is 33.5 Å². The maximum Gasteiger partial charge on any atom is 0.181 e. The molecule has 0 amide bonds. The highest BCUT2D eigenvalue weighted by molar-refractivity contribution is 7.22. The molecule has 0 radical (unpaired) electrons. The lowest BCUT2D eigenvalue weighted by Crippen LogP contribution is -2.16. The number of ketones is 2. The molecular weight excluding hydrogens is 605 g/mol. The Balaban J connectivity index is 1.09. The highest BCUT2D eigenvalue weighted by Crippen LogP contribution is 2.39. The highest BCUT2D eigenvalue weighted by Gasteiger charge is 2.18. The van der Waals surface area contributed by atoms with Crippen LogP contribution in [-0.4, -0.2) is 37.6 Å². The van der Waals surface area contributed by atoms with Gasteiger partial charge in [-0.2, -0.15) is 0 Å². The molecule has 0 saturated carbocycles.